The Morgan fingerprint density at radius 3 is 2.39 bits per heavy atom. The summed E-state index contributed by atoms with van der Waals surface area (Å²) in [5, 5.41) is 10.2. The van der Waals surface area contributed by atoms with Crippen molar-refractivity contribution in [3.05, 3.63) is 42.0 Å². The van der Waals surface area contributed by atoms with Gasteiger partial charge in [-0.15, -0.1) is 13.2 Å². The van der Waals surface area contributed by atoms with Crippen LogP contribution in [0.25, 0.3) is 0 Å². The second kappa shape index (κ2) is 9.09. The summed E-state index contributed by atoms with van der Waals surface area (Å²) in [6, 6.07) is 4.32. The number of aliphatic hydroxyl groups is 1. The molecule has 1 aromatic rings. The van der Waals surface area contributed by atoms with Crippen LogP contribution in [0.2, 0.25) is 0 Å². The molecule has 0 spiro atoms. The molecule has 3 unspecified atom stereocenters. The number of carbonyl (C=O) groups is 2. The Bertz CT molecular complexity index is 713. The summed E-state index contributed by atoms with van der Waals surface area (Å²) in [5.74, 6) is -1.77. The SMILES string of the molecule is C=C(C)C(=O)OCC1CCC(OC(=O)c2ccc(OC(F)(F)F)cc2)C(O)C1. The van der Waals surface area contributed by atoms with Crippen LogP contribution >= 0.6 is 0 Å². The van der Waals surface area contributed by atoms with Crippen LogP contribution in [0.3, 0.4) is 0 Å². The third kappa shape index (κ3) is 6.56. The number of alkyl halides is 3. The number of halogens is 3. The van der Waals surface area contributed by atoms with Crippen LogP contribution in [0.5, 0.6) is 5.75 Å². The van der Waals surface area contributed by atoms with Gasteiger partial charge in [-0.05, 0) is 56.4 Å². The van der Waals surface area contributed by atoms with E-state index >= 15 is 0 Å². The van der Waals surface area contributed by atoms with E-state index in [1.807, 2.05) is 0 Å². The summed E-state index contributed by atoms with van der Waals surface area (Å²) in [4.78, 5) is 23.6. The fourth-order valence-electron chi connectivity index (χ4n) is 2.81. The highest BCUT2D eigenvalue weighted by Crippen LogP contribution is 2.28. The molecule has 0 bridgehead atoms. The molecule has 0 heterocycles. The van der Waals surface area contributed by atoms with Crippen molar-refractivity contribution in [3.63, 3.8) is 0 Å². The van der Waals surface area contributed by atoms with Gasteiger partial charge in [0, 0.05) is 5.57 Å². The Hall–Kier alpha value is -2.55. The minimum atomic E-state index is -4.82. The van der Waals surface area contributed by atoms with E-state index in [4.69, 9.17) is 9.47 Å². The number of benzene rings is 1. The minimum absolute atomic E-state index is 0.0410. The number of ether oxygens (including phenoxy) is 3. The maximum Gasteiger partial charge on any atom is 0.573 e. The van der Waals surface area contributed by atoms with Crippen molar-refractivity contribution >= 4 is 11.9 Å². The summed E-state index contributed by atoms with van der Waals surface area (Å²) in [6.07, 6.45) is -5.25. The molecule has 9 heteroatoms. The molecule has 0 amide bonds. The van der Waals surface area contributed by atoms with Gasteiger partial charge in [0.1, 0.15) is 11.9 Å². The minimum Gasteiger partial charge on any atom is -0.462 e. The Morgan fingerprint density at radius 2 is 1.86 bits per heavy atom. The highest BCUT2D eigenvalue weighted by molar-refractivity contribution is 5.89. The standard InChI is InChI=1S/C19H21F3O6/c1-11(2)17(24)26-10-12-3-8-16(15(23)9-12)27-18(25)13-4-6-14(7-5-13)28-19(20,21)22/h4-7,12,15-16,23H,1,3,8-10H2,2H3. The van der Waals surface area contributed by atoms with Gasteiger partial charge < -0.3 is 19.3 Å². The van der Waals surface area contributed by atoms with Gasteiger partial charge in [-0.1, -0.05) is 6.58 Å². The van der Waals surface area contributed by atoms with E-state index in [1.165, 1.54) is 6.92 Å². The van der Waals surface area contributed by atoms with Crippen molar-refractivity contribution in [2.24, 2.45) is 5.92 Å². The zero-order valence-corrected chi connectivity index (χ0v) is 15.2. The molecule has 0 aliphatic heterocycles. The quantitative estimate of drug-likeness (QED) is 0.580. The molecule has 154 valence electrons. The molecule has 0 saturated heterocycles. The third-order valence-corrected chi connectivity index (χ3v) is 4.24. The van der Waals surface area contributed by atoms with Crippen LogP contribution in [0.1, 0.15) is 36.5 Å². The molecule has 28 heavy (non-hydrogen) atoms. The van der Waals surface area contributed by atoms with Gasteiger partial charge in [0.2, 0.25) is 0 Å². The smallest absolute Gasteiger partial charge is 0.462 e. The van der Waals surface area contributed by atoms with Gasteiger partial charge in [-0.25, -0.2) is 9.59 Å². The summed E-state index contributed by atoms with van der Waals surface area (Å²) >= 11 is 0. The first-order valence-electron chi connectivity index (χ1n) is 8.62. The molecule has 6 nitrogen and oxygen atoms in total. The molecule has 0 aromatic heterocycles. The predicted molar refractivity (Wildman–Crippen MR) is 91.4 cm³/mol. The van der Waals surface area contributed by atoms with E-state index in [0.29, 0.717) is 19.3 Å². The normalized spacial score (nSPS) is 22.2. The topological polar surface area (TPSA) is 82.1 Å². The maximum absolute atomic E-state index is 12.2. The summed E-state index contributed by atoms with van der Waals surface area (Å²) in [7, 11) is 0. The Morgan fingerprint density at radius 1 is 1.21 bits per heavy atom. The summed E-state index contributed by atoms with van der Waals surface area (Å²) in [5.41, 5.74) is 0.328. The van der Waals surface area contributed by atoms with E-state index in [9.17, 15) is 27.9 Å². The number of aliphatic hydroxyl groups excluding tert-OH is 1. The molecular formula is C19H21F3O6. The summed E-state index contributed by atoms with van der Waals surface area (Å²) < 4.78 is 50.5. The summed E-state index contributed by atoms with van der Waals surface area (Å²) in [6.45, 7) is 5.17. The monoisotopic (exact) mass is 402 g/mol. The first-order chi connectivity index (χ1) is 13.0. The Kier molecular flexibility index (Phi) is 7.06. The van der Waals surface area contributed by atoms with E-state index in [2.05, 4.69) is 11.3 Å². The molecule has 1 N–H and O–H groups in total. The molecular weight excluding hydrogens is 381 g/mol. The van der Waals surface area contributed by atoms with Crippen molar-refractivity contribution in [2.75, 3.05) is 6.61 Å². The fourth-order valence-corrected chi connectivity index (χ4v) is 2.81. The van der Waals surface area contributed by atoms with E-state index in [-0.39, 0.29) is 23.7 Å². The first-order valence-corrected chi connectivity index (χ1v) is 8.62. The van der Waals surface area contributed by atoms with Crippen LogP contribution in [0.4, 0.5) is 13.2 Å². The number of rotatable bonds is 6. The average Bonchev–Trinajstić information content (AvgIpc) is 2.60. The average molecular weight is 402 g/mol. The van der Waals surface area contributed by atoms with Gasteiger partial charge in [-0.3, -0.25) is 0 Å². The molecule has 0 radical (unpaired) electrons. The van der Waals surface area contributed by atoms with Crippen molar-refractivity contribution in [3.8, 4) is 5.75 Å². The Balaban J connectivity index is 1.84. The number of esters is 2. The highest BCUT2D eigenvalue weighted by atomic mass is 19.4. The van der Waals surface area contributed by atoms with Crippen LogP contribution in [0, 0.1) is 5.92 Å². The maximum atomic E-state index is 12.2. The van der Waals surface area contributed by atoms with Crippen LogP contribution < -0.4 is 4.74 Å². The third-order valence-electron chi connectivity index (χ3n) is 4.24. The van der Waals surface area contributed by atoms with Crippen molar-refractivity contribution in [2.45, 2.75) is 44.8 Å². The molecule has 1 fully saturated rings. The lowest BCUT2D eigenvalue weighted by Gasteiger charge is -2.32. The first kappa shape index (κ1) is 21.7. The molecule has 1 aliphatic rings. The lowest BCUT2D eigenvalue weighted by molar-refractivity contribution is -0.274. The lowest BCUT2D eigenvalue weighted by atomic mass is 9.85. The number of hydrogen-bond donors (Lipinski definition) is 1. The lowest BCUT2D eigenvalue weighted by Crippen LogP contribution is -2.38. The molecule has 1 aliphatic carbocycles. The van der Waals surface area contributed by atoms with Gasteiger partial charge >= 0.3 is 18.3 Å². The van der Waals surface area contributed by atoms with Gasteiger partial charge in [0.25, 0.3) is 0 Å². The Labute approximate surface area is 159 Å². The van der Waals surface area contributed by atoms with Gasteiger partial charge in [-0.2, -0.15) is 0 Å². The van der Waals surface area contributed by atoms with E-state index in [1.54, 1.807) is 0 Å². The van der Waals surface area contributed by atoms with Crippen LogP contribution in [0.15, 0.2) is 36.4 Å². The molecule has 3 atom stereocenters. The largest absolute Gasteiger partial charge is 0.573 e. The zero-order valence-electron chi connectivity index (χ0n) is 15.2. The molecule has 1 aromatic carbocycles. The van der Waals surface area contributed by atoms with Crippen LogP contribution in [-0.4, -0.2) is 42.2 Å². The van der Waals surface area contributed by atoms with Gasteiger partial charge in [0.15, 0.2) is 0 Å². The second-order valence-corrected chi connectivity index (χ2v) is 6.64. The number of carbonyl (C=O) groups excluding carboxylic acids is 2. The second-order valence-electron chi connectivity index (χ2n) is 6.64. The van der Waals surface area contributed by atoms with E-state index < -0.39 is 36.3 Å². The van der Waals surface area contributed by atoms with Crippen molar-refractivity contribution in [1.82, 2.24) is 0 Å². The van der Waals surface area contributed by atoms with Gasteiger partial charge in [0.05, 0.1) is 18.3 Å². The fraction of sp³-hybridized carbons (Fsp3) is 0.474. The predicted octanol–water partition coefficient (Wildman–Crippen LogP) is 3.39. The van der Waals surface area contributed by atoms with E-state index in [0.717, 1.165) is 24.3 Å². The highest BCUT2D eigenvalue weighted by Gasteiger charge is 2.33. The zero-order chi connectivity index (χ0) is 20.9. The van der Waals surface area contributed by atoms with Crippen molar-refractivity contribution in [1.29, 1.82) is 0 Å². The number of hydrogen-bond acceptors (Lipinski definition) is 6. The van der Waals surface area contributed by atoms with Crippen molar-refractivity contribution < 1.29 is 42.1 Å². The molecule has 2 rings (SSSR count). The molecule has 1 saturated carbocycles. The van der Waals surface area contributed by atoms with Crippen LogP contribution in [-0.2, 0) is 14.3 Å².